The van der Waals surface area contributed by atoms with Crippen LogP contribution in [-0.4, -0.2) is 48.7 Å². The Morgan fingerprint density at radius 2 is 1.81 bits per heavy atom. The van der Waals surface area contributed by atoms with Gasteiger partial charge in [-0.25, -0.2) is 0 Å². The maximum Gasteiger partial charge on any atom is 0.326 e. The Labute approximate surface area is 131 Å². The number of carbonyl (C=O) groups excluding carboxylic acids is 1. The molecular weight excluding hydrogens is 264 g/mol. The molecule has 0 rings (SSSR count). The minimum atomic E-state index is -0.629. The molecule has 0 heterocycles. The molecule has 0 saturated carbocycles. The SMILES string of the molecule is CCOC(=O)C(C)(CC(C)N(C)CCC(C)C)NC(C)C. The molecule has 0 amide bonds. The lowest BCUT2D eigenvalue weighted by Gasteiger charge is -2.36. The van der Waals surface area contributed by atoms with Crippen LogP contribution in [0.15, 0.2) is 0 Å². The summed E-state index contributed by atoms with van der Waals surface area (Å²) in [4.78, 5) is 14.7. The molecule has 0 aliphatic heterocycles. The minimum Gasteiger partial charge on any atom is -0.465 e. The summed E-state index contributed by atoms with van der Waals surface area (Å²) in [7, 11) is 2.13. The van der Waals surface area contributed by atoms with Crippen LogP contribution < -0.4 is 5.32 Å². The van der Waals surface area contributed by atoms with Crippen molar-refractivity contribution in [2.24, 2.45) is 5.92 Å². The fraction of sp³-hybridized carbons (Fsp3) is 0.941. The molecule has 0 aliphatic carbocycles. The van der Waals surface area contributed by atoms with Crippen LogP contribution in [0, 0.1) is 5.92 Å². The van der Waals surface area contributed by atoms with Crippen LogP contribution in [0.25, 0.3) is 0 Å². The third-order valence-electron chi connectivity index (χ3n) is 3.85. The number of nitrogens with one attached hydrogen (secondary N) is 1. The zero-order valence-corrected chi connectivity index (χ0v) is 15.3. The molecule has 0 aromatic carbocycles. The topological polar surface area (TPSA) is 41.6 Å². The Kier molecular flexibility index (Phi) is 9.14. The summed E-state index contributed by atoms with van der Waals surface area (Å²) in [6.07, 6.45) is 1.92. The summed E-state index contributed by atoms with van der Waals surface area (Å²) in [5, 5.41) is 3.39. The predicted octanol–water partition coefficient (Wildman–Crippen LogP) is 3.06. The molecule has 0 aromatic heterocycles. The average Bonchev–Trinajstić information content (AvgIpc) is 2.34. The number of nitrogens with zero attached hydrogens (tertiary/aromatic N) is 1. The molecule has 0 bridgehead atoms. The van der Waals surface area contributed by atoms with Crippen LogP contribution in [-0.2, 0) is 9.53 Å². The fourth-order valence-electron chi connectivity index (χ4n) is 2.56. The molecule has 0 aliphatic rings. The molecule has 4 nitrogen and oxygen atoms in total. The third kappa shape index (κ3) is 7.82. The number of esters is 1. The standard InChI is InChI=1S/C17H36N2O2/c1-9-21-16(20)17(7,18-14(4)5)12-15(6)19(8)11-10-13(2)3/h13-15,18H,9-12H2,1-8H3. The highest BCUT2D eigenvalue weighted by molar-refractivity contribution is 5.80. The van der Waals surface area contributed by atoms with Gasteiger partial charge >= 0.3 is 5.97 Å². The van der Waals surface area contributed by atoms with Gasteiger partial charge in [0.25, 0.3) is 0 Å². The highest BCUT2D eigenvalue weighted by Crippen LogP contribution is 2.19. The largest absolute Gasteiger partial charge is 0.465 e. The summed E-state index contributed by atoms with van der Waals surface area (Å²) in [6.45, 7) is 16.1. The number of hydrogen-bond acceptors (Lipinski definition) is 4. The Balaban J connectivity index is 4.75. The van der Waals surface area contributed by atoms with Crippen LogP contribution in [0.1, 0.15) is 61.3 Å². The highest BCUT2D eigenvalue weighted by Gasteiger charge is 2.37. The molecular formula is C17H36N2O2. The second-order valence-corrected chi connectivity index (χ2v) is 7.07. The van der Waals surface area contributed by atoms with E-state index in [1.807, 2.05) is 13.8 Å². The van der Waals surface area contributed by atoms with E-state index in [1.165, 1.54) is 6.42 Å². The Morgan fingerprint density at radius 3 is 2.24 bits per heavy atom. The van der Waals surface area contributed by atoms with Crippen molar-refractivity contribution in [1.82, 2.24) is 10.2 Å². The molecule has 2 unspecified atom stereocenters. The highest BCUT2D eigenvalue weighted by atomic mass is 16.5. The summed E-state index contributed by atoms with van der Waals surface area (Å²) in [6, 6.07) is 0.567. The van der Waals surface area contributed by atoms with Crippen LogP contribution >= 0.6 is 0 Å². The monoisotopic (exact) mass is 300 g/mol. The molecule has 0 spiro atoms. The lowest BCUT2D eigenvalue weighted by molar-refractivity contribution is -0.151. The first-order valence-corrected chi connectivity index (χ1v) is 8.27. The van der Waals surface area contributed by atoms with E-state index in [4.69, 9.17) is 4.74 Å². The van der Waals surface area contributed by atoms with Crippen LogP contribution in [0.4, 0.5) is 0 Å². The van der Waals surface area contributed by atoms with Gasteiger partial charge in [0.1, 0.15) is 5.54 Å². The van der Waals surface area contributed by atoms with Gasteiger partial charge in [-0.1, -0.05) is 13.8 Å². The minimum absolute atomic E-state index is 0.150. The van der Waals surface area contributed by atoms with E-state index < -0.39 is 5.54 Å². The van der Waals surface area contributed by atoms with Crippen molar-refractivity contribution in [3.63, 3.8) is 0 Å². The van der Waals surface area contributed by atoms with Gasteiger partial charge in [0.2, 0.25) is 0 Å². The van der Waals surface area contributed by atoms with Crippen molar-refractivity contribution in [3.05, 3.63) is 0 Å². The summed E-state index contributed by atoms with van der Waals surface area (Å²) in [5.74, 6) is 0.549. The van der Waals surface area contributed by atoms with Crippen LogP contribution in [0.3, 0.4) is 0 Å². The van der Waals surface area contributed by atoms with Crippen LogP contribution in [0.2, 0.25) is 0 Å². The van der Waals surface area contributed by atoms with E-state index in [1.54, 1.807) is 0 Å². The Hall–Kier alpha value is -0.610. The molecule has 1 N–H and O–H groups in total. The van der Waals surface area contributed by atoms with Crippen molar-refractivity contribution in [2.45, 2.75) is 78.9 Å². The van der Waals surface area contributed by atoms with Gasteiger partial charge in [0, 0.05) is 12.1 Å². The van der Waals surface area contributed by atoms with Crippen molar-refractivity contribution >= 4 is 5.97 Å². The number of rotatable bonds is 10. The zero-order valence-electron chi connectivity index (χ0n) is 15.3. The molecule has 21 heavy (non-hydrogen) atoms. The predicted molar refractivity (Wildman–Crippen MR) is 89.5 cm³/mol. The van der Waals surface area contributed by atoms with E-state index in [9.17, 15) is 4.79 Å². The summed E-state index contributed by atoms with van der Waals surface area (Å²) >= 11 is 0. The number of hydrogen-bond donors (Lipinski definition) is 1. The normalized spacial score (nSPS) is 16.3. The van der Waals surface area contributed by atoms with Crippen LogP contribution in [0.5, 0.6) is 0 Å². The maximum absolute atomic E-state index is 12.3. The second-order valence-electron chi connectivity index (χ2n) is 7.07. The van der Waals surface area contributed by atoms with Gasteiger partial charge in [0.15, 0.2) is 0 Å². The lowest BCUT2D eigenvalue weighted by Crippen LogP contribution is -2.56. The average molecular weight is 300 g/mol. The Morgan fingerprint density at radius 1 is 1.24 bits per heavy atom. The third-order valence-corrected chi connectivity index (χ3v) is 3.85. The van der Waals surface area contributed by atoms with Crippen molar-refractivity contribution in [3.8, 4) is 0 Å². The van der Waals surface area contributed by atoms with E-state index in [-0.39, 0.29) is 12.0 Å². The fourth-order valence-corrected chi connectivity index (χ4v) is 2.56. The van der Waals surface area contributed by atoms with Crippen molar-refractivity contribution in [1.29, 1.82) is 0 Å². The molecule has 0 fully saturated rings. The molecule has 0 radical (unpaired) electrons. The number of ether oxygens (including phenoxy) is 1. The van der Waals surface area contributed by atoms with Gasteiger partial charge in [-0.15, -0.1) is 0 Å². The van der Waals surface area contributed by atoms with Crippen molar-refractivity contribution < 1.29 is 9.53 Å². The molecule has 0 aromatic rings. The van der Waals surface area contributed by atoms with E-state index in [0.717, 1.165) is 13.0 Å². The Bertz CT molecular complexity index is 305. The van der Waals surface area contributed by atoms with Crippen molar-refractivity contribution in [2.75, 3.05) is 20.2 Å². The molecule has 2 atom stereocenters. The quantitative estimate of drug-likeness (QED) is 0.630. The first kappa shape index (κ1) is 20.4. The first-order chi connectivity index (χ1) is 9.62. The van der Waals surface area contributed by atoms with E-state index in [0.29, 0.717) is 18.6 Å². The van der Waals surface area contributed by atoms with Gasteiger partial charge < -0.3 is 9.64 Å². The van der Waals surface area contributed by atoms with E-state index >= 15 is 0 Å². The molecule has 0 saturated heterocycles. The molecule has 126 valence electrons. The second kappa shape index (κ2) is 9.42. The first-order valence-electron chi connectivity index (χ1n) is 8.27. The smallest absolute Gasteiger partial charge is 0.326 e. The summed E-state index contributed by atoms with van der Waals surface area (Å²) < 4.78 is 5.27. The van der Waals surface area contributed by atoms with Gasteiger partial charge in [-0.2, -0.15) is 0 Å². The van der Waals surface area contributed by atoms with Gasteiger partial charge in [-0.3, -0.25) is 10.1 Å². The van der Waals surface area contributed by atoms with E-state index in [2.05, 4.69) is 51.9 Å². The van der Waals surface area contributed by atoms with Gasteiger partial charge in [0.05, 0.1) is 6.61 Å². The lowest BCUT2D eigenvalue weighted by atomic mass is 9.92. The number of carbonyl (C=O) groups is 1. The van der Waals surface area contributed by atoms with Gasteiger partial charge in [-0.05, 0) is 67.0 Å². The zero-order chi connectivity index (χ0) is 16.6. The summed E-state index contributed by atoms with van der Waals surface area (Å²) in [5.41, 5.74) is -0.629. The maximum atomic E-state index is 12.3. The molecule has 4 heteroatoms.